The van der Waals surface area contributed by atoms with E-state index in [4.69, 9.17) is 24.3 Å². The number of carbonyl (C=O) groups excluding carboxylic acids is 1. The fraction of sp³-hybridized carbons (Fsp3) is 0.535. The van der Waals surface area contributed by atoms with Crippen LogP contribution in [0.2, 0.25) is 0 Å². The number of phosphoric acid groups is 3. The molecule has 0 radical (unpaired) electrons. The molecule has 4 aliphatic rings. The fourth-order valence-electron chi connectivity index (χ4n) is 9.47. The van der Waals surface area contributed by atoms with E-state index in [-0.39, 0.29) is 18.7 Å². The number of carbonyl (C=O) groups is 1. The Morgan fingerprint density at radius 1 is 0.973 bits per heavy atom. The highest BCUT2D eigenvalue weighted by atomic mass is 32.2. The minimum absolute atomic E-state index is 0.0391. The molecule has 1 amide bonds. The van der Waals surface area contributed by atoms with E-state index in [9.17, 15) is 46.4 Å². The van der Waals surface area contributed by atoms with E-state index in [1.54, 1.807) is 0 Å². The van der Waals surface area contributed by atoms with Gasteiger partial charge in [-0.15, -0.1) is 0 Å². The predicted molar refractivity (Wildman–Crippen MR) is 263 cm³/mol. The van der Waals surface area contributed by atoms with Crippen molar-refractivity contribution in [3.05, 3.63) is 64.8 Å². The van der Waals surface area contributed by atoms with Crippen LogP contribution in [0.25, 0.3) is 16.7 Å². The Morgan fingerprint density at radius 3 is 2.48 bits per heavy atom. The first kappa shape index (κ1) is 54.7. The second-order valence-corrected chi connectivity index (χ2v) is 24.4. The Hall–Kier alpha value is -4.56. The van der Waals surface area contributed by atoms with Crippen molar-refractivity contribution in [1.29, 1.82) is 0 Å². The number of hydrogen-bond donors (Lipinski definition) is 8. The third kappa shape index (κ3) is 13.7. The molecule has 0 aliphatic carbocycles. The lowest BCUT2D eigenvalue weighted by Gasteiger charge is -2.44. The molecular formula is C43H59N9O17P3S+. The monoisotopic (exact) mass is 1100 g/mol. The van der Waals surface area contributed by atoms with Crippen molar-refractivity contribution >= 4 is 73.4 Å². The van der Waals surface area contributed by atoms with Crippen molar-refractivity contribution in [1.82, 2.24) is 29.4 Å². The van der Waals surface area contributed by atoms with Crippen LogP contribution in [-0.4, -0.2) is 126 Å². The molecule has 398 valence electrons. The van der Waals surface area contributed by atoms with E-state index in [0.29, 0.717) is 76.7 Å². The number of anilines is 2. The Morgan fingerprint density at radius 2 is 1.74 bits per heavy atom. The molecule has 0 bridgehead atoms. The van der Waals surface area contributed by atoms with Crippen molar-refractivity contribution in [2.45, 2.75) is 103 Å². The van der Waals surface area contributed by atoms with Gasteiger partial charge >= 0.3 is 23.5 Å². The first-order valence-electron chi connectivity index (χ1n) is 23.6. The van der Waals surface area contributed by atoms with Crippen LogP contribution in [0.1, 0.15) is 89.5 Å². The van der Waals surface area contributed by atoms with Crippen molar-refractivity contribution in [2.24, 2.45) is 4.99 Å². The molecule has 2 aromatic heterocycles. The third-order valence-corrected chi connectivity index (χ3v) is 17.2. The molecule has 8 N–H and O–H groups in total. The summed E-state index contributed by atoms with van der Waals surface area (Å²) in [4.78, 5) is 69.7. The Labute approximate surface area is 419 Å². The maximum Gasteiger partial charge on any atom is 0.490 e. The summed E-state index contributed by atoms with van der Waals surface area (Å²) in [5, 5.41) is 18.7. The molecule has 2 aromatic carbocycles. The van der Waals surface area contributed by atoms with Gasteiger partial charge in [-0.3, -0.25) is 18.4 Å². The molecule has 4 aliphatic heterocycles. The van der Waals surface area contributed by atoms with Crippen molar-refractivity contribution < 1.29 is 78.8 Å². The van der Waals surface area contributed by atoms with E-state index in [1.807, 2.05) is 32.1 Å². The number of benzene rings is 2. The second-order valence-electron chi connectivity index (χ2n) is 18.5. The lowest BCUT2D eigenvalue weighted by atomic mass is 9.88. The zero-order valence-electron chi connectivity index (χ0n) is 40.1. The number of amides is 1. The Balaban J connectivity index is 0.784. The highest BCUT2D eigenvalue weighted by molar-refractivity contribution is 7.86. The number of imidazole rings is 1. The summed E-state index contributed by atoms with van der Waals surface area (Å²) in [6, 6.07) is 7.82. The molecule has 0 spiro atoms. The van der Waals surface area contributed by atoms with E-state index in [0.717, 1.165) is 62.7 Å². The SMILES string of the molecule is CC[N+]1=c2cc3c(cc2CCC1)=Nc1cc2c(cc1O3)N(CCCC(=O)NCCCCCCNc1ncnc3c1ncn3[C@H]1C[C@H](O)[C@@H](COP(=O)(O)OP(=O)(O)OP(=O)(O)O)O1)C(C)(C)C=C2CS(=O)(=O)O. The summed E-state index contributed by atoms with van der Waals surface area (Å²) < 4.78 is 97.2. The van der Waals surface area contributed by atoms with Crippen molar-refractivity contribution in [2.75, 3.05) is 55.3 Å². The predicted octanol–water partition coefficient (Wildman–Crippen LogP) is 3.77. The van der Waals surface area contributed by atoms with Gasteiger partial charge in [0.15, 0.2) is 28.5 Å². The Kier molecular flexibility index (Phi) is 16.5. The third-order valence-electron chi connectivity index (χ3n) is 12.7. The Bertz CT molecular complexity index is 3190. The summed E-state index contributed by atoms with van der Waals surface area (Å²) in [7, 11) is -21.1. The minimum atomic E-state index is -5.72. The molecule has 5 atom stereocenters. The highest BCUT2D eigenvalue weighted by Crippen LogP contribution is 2.66. The molecule has 2 unspecified atom stereocenters. The van der Waals surface area contributed by atoms with Crippen molar-refractivity contribution in [3.8, 4) is 11.5 Å². The number of phosphoric ester groups is 1. The molecule has 6 heterocycles. The van der Waals surface area contributed by atoms with Gasteiger partial charge in [0.05, 0.1) is 30.6 Å². The first-order chi connectivity index (χ1) is 34.4. The number of rotatable bonds is 23. The maximum absolute atomic E-state index is 13.0. The fourth-order valence-corrected chi connectivity index (χ4v) is 13.1. The van der Waals surface area contributed by atoms with Crippen molar-refractivity contribution in [3.63, 3.8) is 0 Å². The molecule has 1 saturated heterocycles. The van der Waals surface area contributed by atoms with Crippen LogP contribution in [0.3, 0.4) is 0 Å². The molecule has 30 heteroatoms. The van der Waals surface area contributed by atoms with Gasteiger partial charge in [0.1, 0.15) is 48.5 Å². The normalized spacial score (nSPS) is 20.9. The van der Waals surface area contributed by atoms with Gasteiger partial charge in [-0.1, -0.05) is 18.9 Å². The number of nitrogens with one attached hydrogen (secondary N) is 2. The van der Waals surface area contributed by atoms with Crippen LogP contribution in [0.15, 0.2) is 48.0 Å². The van der Waals surface area contributed by atoms with Gasteiger partial charge in [0, 0.05) is 61.8 Å². The lowest BCUT2D eigenvalue weighted by molar-refractivity contribution is -0.121. The van der Waals surface area contributed by atoms with Crippen LogP contribution >= 0.6 is 23.5 Å². The molecule has 8 rings (SSSR count). The highest BCUT2D eigenvalue weighted by Gasteiger charge is 2.43. The largest absolute Gasteiger partial charge is 0.490 e. The zero-order valence-corrected chi connectivity index (χ0v) is 43.6. The molecule has 0 saturated carbocycles. The quantitative estimate of drug-likeness (QED) is 0.0200. The van der Waals surface area contributed by atoms with Gasteiger partial charge in [-0.25, -0.2) is 38.2 Å². The average Bonchev–Trinajstić information content (AvgIpc) is 3.89. The van der Waals surface area contributed by atoms with E-state index >= 15 is 0 Å². The van der Waals surface area contributed by atoms with Gasteiger partial charge in [0.2, 0.25) is 11.3 Å². The van der Waals surface area contributed by atoms with Crippen LogP contribution in [0.5, 0.6) is 11.5 Å². The van der Waals surface area contributed by atoms with E-state index in [1.165, 1.54) is 22.8 Å². The number of unbranched alkanes of at least 4 members (excludes halogenated alkanes) is 3. The number of aryl methyl sites for hydroxylation is 1. The molecular weight excluding hydrogens is 1040 g/mol. The standard InChI is InChI=1S/C43H58N9O17P3S/c1-4-50-15-9-11-27-17-30-35(19-32(27)50)66-36-20-33-29(18-31(36)49-30)28(24-73(62,63)64)22-43(2,3)52(33)16-10-12-38(54)44-13-7-5-6-8-14-45-41-40-42(47-25-46-41)51(26-48-40)39-21-34(53)37(67-39)23-65-71(58,59)69-72(60,61)68-70(55,56)57/h17-20,22,25-26,34,37,39,53H,4-16,21,23-24H2,1-3H3,(H6-,44,45,46,47,54,55,56,57,58,59,60,61,62,63,64)/p+1/t34-,37+,39+/m0/s1. The summed E-state index contributed by atoms with van der Waals surface area (Å²) in [5.41, 5.74) is 3.65. The summed E-state index contributed by atoms with van der Waals surface area (Å²) in [6.07, 6.45) is 7.18. The second kappa shape index (κ2) is 22.0. The molecule has 4 aromatic rings. The van der Waals surface area contributed by atoms with Crippen LogP contribution in [-0.2, 0) is 52.9 Å². The molecule has 73 heavy (non-hydrogen) atoms. The maximum atomic E-state index is 13.0. The van der Waals surface area contributed by atoms with Gasteiger partial charge in [-0.2, -0.15) is 17.0 Å². The van der Waals surface area contributed by atoms with Gasteiger partial charge < -0.3 is 49.7 Å². The first-order valence-corrected chi connectivity index (χ1v) is 29.7. The average molecular weight is 1100 g/mol. The number of ether oxygens (including phenoxy) is 2. The lowest BCUT2D eigenvalue weighted by Crippen LogP contribution is -2.46. The number of fused-ring (bicyclic) bond motifs is 5. The number of aliphatic hydroxyl groups is 1. The van der Waals surface area contributed by atoms with Gasteiger partial charge in [-0.05, 0) is 64.2 Å². The summed E-state index contributed by atoms with van der Waals surface area (Å²) in [6.45, 7) is 8.60. The zero-order chi connectivity index (χ0) is 52.5. The van der Waals surface area contributed by atoms with Gasteiger partial charge in [0.25, 0.3) is 10.1 Å². The topological polar surface area (TPSA) is 356 Å². The number of nitrogens with zero attached hydrogens (tertiary/aromatic N) is 7. The van der Waals surface area contributed by atoms with E-state index < -0.39 is 69.9 Å². The molecule has 26 nitrogen and oxygen atoms in total. The summed E-state index contributed by atoms with van der Waals surface area (Å²) in [5.74, 6) is 0.977. The van der Waals surface area contributed by atoms with Crippen LogP contribution < -0.4 is 35.6 Å². The smallest absolute Gasteiger partial charge is 0.452 e. The molecule has 1 fully saturated rings. The number of aliphatic hydroxyl groups excluding tert-OH is 1. The van der Waals surface area contributed by atoms with Crippen LogP contribution in [0.4, 0.5) is 17.2 Å². The van der Waals surface area contributed by atoms with Crippen LogP contribution in [0, 0.1) is 0 Å². The number of aromatic nitrogens is 4. The summed E-state index contributed by atoms with van der Waals surface area (Å²) >= 11 is 0. The minimum Gasteiger partial charge on any atom is -0.452 e. The number of hydrogen-bond acceptors (Lipinski definition) is 18. The van der Waals surface area contributed by atoms with E-state index in [2.05, 4.69) is 67.3 Å².